The number of methoxy groups -OCH3 is 1. The van der Waals surface area contributed by atoms with Crippen LogP contribution in [0.3, 0.4) is 0 Å². The van der Waals surface area contributed by atoms with Gasteiger partial charge in [0.05, 0.1) is 18.1 Å². The Morgan fingerprint density at radius 3 is 3.00 bits per heavy atom. The van der Waals surface area contributed by atoms with E-state index in [9.17, 15) is 0 Å². The molecule has 1 aliphatic carbocycles. The molecule has 0 aromatic carbocycles. The first-order chi connectivity index (χ1) is 7.26. The van der Waals surface area contributed by atoms with E-state index in [1.807, 2.05) is 12.5 Å². The molecule has 1 aromatic heterocycles. The maximum atomic E-state index is 6.03. The SMILES string of the molecule is CC[C@@H](N)c1cncn1C1CC(OC)C1. The fraction of sp³-hybridized carbons (Fsp3) is 0.727. The first kappa shape index (κ1) is 10.6. The van der Waals surface area contributed by atoms with Crippen LogP contribution in [0.15, 0.2) is 12.5 Å². The van der Waals surface area contributed by atoms with Crippen molar-refractivity contribution in [2.75, 3.05) is 7.11 Å². The maximum absolute atomic E-state index is 6.03. The standard InChI is InChI=1S/C11H19N3O/c1-3-10(12)11-6-13-7-14(11)8-4-9(5-8)15-2/h6-10H,3-5,12H2,1-2H3/t8?,9?,10-/m1/s1. The predicted octanol–water partition coefficient (Wildman–Crippen LogP) is 1.64. The van der Waals surface area contributed by atoms with E-state index < -0.39 is 0 Å². The summed E-state index contributed by atoms with van der Waals surface area (Å²) < 4.78 is 7.49. The molecule has 84 valence electrons. The van der Waals surface area contributed by atoms with Gasteiger partial charge in [0.15, 0.2) is 0 Å². The first-order valence-electron chi connectivity index (χ1n) is 5.56. The van der Waals surface area contributed by atoms with E-state index in [1.54, 1.807) is 7.11 Å². The van der Waals surface area contributed by atoms with Crippen LogP contribution in [0, 0.1) is 0 Å². The van der Waals surface area contributed by atoms with Gasteiger partial charge in [-0.05, 0) is 19.3 Å². The number of nitrogens with two attached hydrogens (primary N) is 1. The van der Waals surface area contributed by atoms with Crippen molar-refractivity contribution in [2.45, 2.75) is 44.4 Å². The average Bonchev–Trinajstić information content (AvgIpc) is 2.64. The Morgan fingerprint density at radius 2 is 2.40 bits per heavy atom. The summed E-state index contributed by atoms with van der Waals surface area (Å²) in [5.74, 6) is 0. The van der Waals surface area contributed by atoms with Gasteiger partial charge in [-0.3, -0.25) is 0 Å². The molecule has 4 nitrogen and oxygen atoms in total. The number of aromatic nitrogens is 2. The van der Waals surface area contributed by atoms with E-state index >= 15 is 0 Å². The van der Waals surface area contributed by atoms with E-state index in [1.165, 1.54) is 0 Å². The van der Waals surface area contributed by atoms with Crippen LogP contribution in [0.4, 0.5) is 0 Å². The molecule has 0 bridgehead atoms. The molecule has 1 saturated carbocycles. The van der Waals surface area contributed by atoms with E-state index in [0.29, 0.717) is 12.1 Å². The van der Waals surface area contributed by atoms with Gasteiger partial charge in [0.1, 0.15) is 0 Å². The third kappa shape index (κ3) is 1.92. The summed E-state index contributed by atoms with van der Waals surface area (Å²) in [4.78, 5) is 4.19. The summed E-state index contributed by atoms with van der Waals surface area (Å²) in [5.41, 5.74) is 7.18. The molecule has 4 heteroatoms. The molecule has 15 heavy (non-hydrogen) atoms. The van der Waals surface area contributed by atoms with Gasteiger partial charge < -0.3 is 15.0 Å². The summed E-state index contributed by atoms with van der Waals surface area (Å²) in [6.45, 7) is 2.10. The molecule has 1 aromatic rings. The van der Waals surface area contributed by atoms with Gasteiger partial charge in [-0.25, -0.2) is 4.98 Å². The molecule has 0 radical (unpaired) electrons. The van der Waals surface area contributed by atoms with E-state index in [2.05, 4.69) is 16.5 Å². The van der Waals surface area contributed by atoms with Crippen LogP contribution < -0.4 is 5.73 Å². The van der Waals surface area contributed by atoms with Gasteiger partial charge in [-0.15, -0.1) is 0 Å². The molecule has 0 saturated heterocycles. The number of hydrogen-bond donors (Lipinski definition) is 1. The van der Waals surface area contributed by atoms with Crippen molar-refractivity contribution in [1.82, 2.24) is 9.55 Å². The number of hydrogen-bond acceptors (Lipinski definition) is 3. The number of imidazole rings is 1. The molecule has 1 fully saturated rings. The first-order valence-corrected chi connectivity index (χ1v) is 5.56. The Kier molecular flexibility index (Phi) is 3.07. The zero-order valence-electron chi connectivity index (χ0n) is 9.39. The zero-order valence-corrected chi connectivity index (χ0v) is 9.39. The summed E-state index contributed by atoms with van der Waals surface area (Å²) in [6.07, 6.45) is 7.30. The molecule has 0 aliphatic heterocycles. The van der Waals surface area contributed by atoms with Gasteiger partial charge in [-0.2, -0.15) is 0 Å². The third-order valence-electron chi connectivity index (χ3n) is 3.31. The second kappa shape index (κ2) is 4.33. The minimum absolute atomic E-state index is 0.106. The van der Waals surface area contributed by atoms with Crippen LogP contribution in [-0.2, 0) is 4.74 Å². The Bertz CT molecular complexity index is 317. The van der Waals surface area contributed by atoms with Crippen molar-refractivity contribution in [2.24, 2.45) is 5.73 Å². The predicted molar refractivity (Wildman–Crippen MR) is 58.5 cm³/mol. The van der Waals surface area contributed by atoms with Crippen LogP contribution in [0.5, 0.6) is 0 Å². The Hall–Kier alpha value is -0.870. The minimum atomic E-state index is 0.106. The van der Waals surface area contributed by atoms with E-state index in [-0.39, 0.29) is 6.04 Å². The molecule has 2 rings (SSSR count). The molecule has 2 N–H and O–H groups in total. The third-order valence-corrected chi connectivity index (χ3v) is 3.31. The van der Waals surface area contributed by atoms with Crippen LogP contribution >= 0.6 is 0 Å². The second-order valence-corrected chi connectivity index (χ2v) is 4.22. The van der Waals surface area contributed by atoms with Gasteiger partial charge in [0.2, 0.25) is 0 Å². The average molecular weight is 209 g/mol. The molecule has 0 unspecified atom stereocenters. The van der Waals surface area contributed by atoms with E-state index in [4.69, 9.17) is 10.5 Å². The van der Waals surface area contributed by atoms with Crippen molar-refractivity contribution in [1.29, 1.82) is 0 Å². The van der Waals surface area contributed by atoms with Crippen molar-refractivity contribution in [3.8, 4) is 0 Å². The van der Waals surface area contributed by atoms with Crippen LogP contribution in [0.1, 0.15) is 44.0 Å². The van der Waals surface area contributed by atoms with Gasteiger partial charge in [0.25, 0.3) is 0 Å². The Balaban J connectivity index is 2.06. The number of rotatable bonds is 4. The lowest BCUT2D eigenvalue weighted by atomic mass is 9.88. The van der Waals surface area contributed by atoms with Crippen molar-refractivity contribution in [3.05, 3.63) is 18.2 Å². The quantitative estimate of drug-likeness (QED) is 0.820. The lowest BCUT2D eigenvalue weighted by Gasteiger charge is -2.36. The van der Waals surface area contributed by atoms with Crippen LogP contribution in [0.25, 0.3) is 0 Å². The number of ether oxygens (including phenoxy) is 1. The highest BCUT2D eigenvalue weighted by Gasteiger charge is 2.31. The Labute approximate surface area is 90.4 Å². The molecule has 1 atom stereocenters. The fourth-order valence-electron chi connectivity index (χ4n) is 2.07. The minimum Gasteiger partial charge on any atom is -0.381 e. The summed E-state index contributed by atoms with van der Waals surface area (Å²) in [5, 5.41) is 0. The highest BCUT2D eigenvalue weighted by atomic mass is 16.5. The van der Waals surface area contributed by atoms with Crippen molar-refractivity contribution >= 4 is 0 Å². The molecule has 1 aliphatic rings. The fourth-order valence-corrected chi connectivity index (χ4v) is 2.07. The summed E-state index contributed by atoms with van der Waals surface area (Å²) in [6, 6.07) is 0.638. The lowest BCUT2D eigenvalue weighted by molar-refractivity contribution is 0.00515. The summed E-state index contributed by atoms with van der Waals surface area (Å²) >= 11 is 0. The van der Waals surface area contributed by atoms with Crippen molar-refractivity contribution in [3.63, 3.8) is 0 Å². The van der Waals surface area contributed by atoms with Gasteiger partial charge >= 0.3 is 0 Å². The summed E-state index contributed by atoms with van der Waals surface area (Å²) in [7, 11) is 1.77. The highest BCUT2D eigenvalue weighted by molar-refractivity contribution is 5.07. The zero-order chi connectivity index (χ0) is 10.8. The maximum Gasteiger partial charge on any atom is 0.0951 e. The van der Waals surface area contributed by atoms with Gasteiger partial charge in [-0.1, -0.05) is 6.92 Å². The van der Waals surface area contributed by atoms with Crippen LogP contribution in [0.2, 0.25) is 0 Å². The van der Waals surface area contributed by atoms with E-state index in [0.717, 1.165) is 25.0 Å². The lowest BCUT2D eigenvalue weighted by Crippen LogP contribution is -2.33. The highest BCUT2D eigenvalue weighted by Crippen LogP contribution is 2.35. The van der Waals surface area contributed by atoms with Crippen molar-refractivity contribution < 1.29 is 4.74 Å². The topological polar surface area (TPSA) is 53.1 Å². The molecular weight excluding hydrogens is 190 g/mol. The second-order valence-electron chi connectivity index (χ2n) is 4.22. The van der Waals surface area contributed by atoms with Crippen LogP contribution in [-0.4, -0.2) is 22.8 Å². The number of nitrogens with zero attached hydrogens (tertiary/aromatic N) is 2. The Morgan fingerprint density at radius 1 is 1.67 bits per heavy atom. The normalized spacial score (nSPS) is 27.4. The molecular formula is C11H19N3O. The molecule has 0 spiro atoms. The largest absolute Gasteiger partial charge is 0.381 e. The molecule has 1 heterocycles. The monoisotopic (exact) mass is 209 g/mol. The molecule has 0 amide bonds. The van der Waals surface area contributed by atoms with Gasteiger partial charge in [0, 0.05) is 25.4 Å². The smallest absolute Gasteiger partial charge is 0.0951 e.